The van der Waals surface area contributed by atoms with Gasteiger partial charge in [0, 0.05) is 46.1 Å². The first kappa shape index (κ1) is 71.4. The van der Waals surface area contributed by atoms with Crippen LogP contribution in [0.1, 0.15) is 129 Å². The third kappa shape index (κ3) is 16.5. The molecule has 10 atom stereocenters. The van der Waals surface area contributed by atoms with Gasteiger partial charge in [0.1, 0.15) is 47.5 Å². The summed E-state index contributed by atoms with van der Waals surface area (Å²) in [6.07, 6.45) is 18.2. The molecule has 14 rings (SSSR count). The molecule has 4 aromatic carbocycles. The van der Waals surface area contributed by atoms with Crippen molar-refractivity contribution in [2.45, 2.75) is 186 Å². The third-order valence-corrected chi connectivity index (χ3v) is 26.5. The van der Waals surface area contributed by atoms with Gasteiger partial charge < -0.3 is 45.6 Å². The maximum atomic E-state index is 14.4. The fourth-order valence-corrected chi connectivity index (χ4v) is 17.1. The highest BCUT2D eigenvalue weighted by Gasteiger charge is 2.64. The first-order chi connectivity index (χ1) is 47.2. The maximum absolute atomic E-state index is 14.4. The van der Waals surface area contributed by atoms with Gasteiger partial charge in [-0.15, -0.1) is 0 Å². The Kier molecular flexibility index (Phi) is 21.1. The Balaban J connectivity index is 0.000000170. The number of ether oxygens (including phenoxy) is 2. The molecule has 8 N–H and O–H groups in total. The van der Waals surface area contributed by atoms with Crippen LogP contribution in [0.4, 0.5) is 11.4 Å². The molecule has 5 amide bonds. The number of primary sulfonamides is 1. The number of thiazole rings is 2. The molecule has 0 radical (unpaired) electrons. The molecule has 99 heavy (non-hydrogen) atoms. The molecule has 4 saturated carbocycles. The molecule has 8 aliphatic rings. The van der Waals surface area contributed by atoms with Crippen molar-refractivity contribution in [3.63, 3.8) is 0 Å². The van der Waals surface area contributed by atoms with E-state index in [4.69, 9.17) is 37.8 Å². The van der Waals surface area contributed by atoms with Crippen LogP contribution in [-0.2, 0) is 48.8 Å². The fraction of sp³-hybridized carbons (Fsp3) is 0.486. The van der Waals surface area contributed by atoms with Crippen molar-refractivity contribution >= 4 is 133 Å². The zero-order chi connectivity index (χ0) is 70.1. The van der Waals surface area contributed by atoms with E-state index in [2.05, 4.69) is 36.0 Å². The molecule has 6 heterocycles. The number of hydrogen-bond acceptors (Lipinski definition) is 18. The second-order valence-electron chi connectivity index (χ2n) is 27.6. The highest BCUT2D eigenvalue weighted by molar-refractivity contribution is 7.91. The molecule has 2 saturated heterocycles. The van der Waals surface area contributed by atoms with Crippen LogP contribution in [0, 0.1) is 11.8 Å². The molecule has 0 spiro atoms. The molecule has 4 aliphatic heterocycles. The second-order valence-corrected chi connectivity index (χ2v) is 34.8. The number of amides is 5. The van der Waals surface area contributed by atoms with Crippen molar-refractivity contribution in [3.8, 4) is 10.4 Å². The number of aliphatic carboxylic acids is 1. The number of carbonyl (C=O) groups excluding carboxylic acids is 5. The van der Waals surface area contributed by atoms with Gasteiger partial charge in [0.2, 0.25) is 43.7 Å². The van der Waals surface area contributed by atoms with Gasteiger partial charge in [0.15, 0.2) is 0 Å². The number of carbonyl (C=O) groups is 6. The summed E-state index contributed by atoms with van der Waals surface area (Å²) in [4.78, 5) is 95.0. The number of carboxylic acids is 1. The fourth-order valence-electron chi connectivity index (χ4n) is 13.1. The first-order valence-corrected chi connectivity index (χ1v) is 39.2. The normalized spacial score (nSPS) is 28.7. The Morgan fingerprint density at radius 2 is 1.03 bits per heavy atom. The molecule has 23 nitrogen and oxygen atoms in total. The highest BCUT2D eigenvalue weighted by Crippen LogP contribution is 2.49. The van der Waals surface area contributed by atoms with Gasteiger partial charge in [0.25, 0.3) is 16.3 Å². The summed E-state index contributed by atoms with van der Waals surface area (Å²) in [5.74, 6) is -3.92. The molecule has 29 heteroatoms. The summed E-state index contributed by atoms with van der Waals surface area (Å²) in [5.41, 5.74) is 0.318. The Morgan fingerprint density at radius 3 is 1.44 bits per heavy atom. The minimum absolute atomic E-state index is 0.140. The minimum atomic E-state index is -3.93. The number of rotatable bonds is 13. The molecule has 0 bridgehead atoms. The van der Waals surface area contributed by atoms with Crippen molar-refractivity contribution < 1.29 is 60.2 Å². The Bertz CT molecular complexity index is 4250. The number of sulfonamides is 2. The second kappa shape index (κ2) is 29.3. The first-order valence-electron chi connectivity index (χ1n) is 33.7. The van der Waals surface area contributed by atoms with Crippen molar-refractivity contribution in [1.82, 2.24) is 35.1 Å². The number of carboxylic acid groups (broad SMARTS) is 1. The number of para-hydroxylation sites is 2. The number of aromatic nitrogens is 2. The predicted molar refractivity (Wildman–Crippen MR) is 382 cm³/mol. The van der Waals surface area contributed by atoms with Crippen molar-refractivity contribution in [3.05, 3.63) is 131 Å². The average molecular weight is 1470 g/mol. The summed E-state index contributed by atoms with van der Waals surface area (Å²) in [7, 11) is -7.16. The number of nitrogens with two attached hydrogens (primary N) is 1. The van der Waals surface area contributed by atoms with E-state index in [0.717, 1.165) is 96.0 Å². The number of nitrogens with zero attached hydrogens (tertiary/aromatic N) is 4. The molecule has 2 aromatic heterocycles. The summed E-state index contributed by atoms with van der Waals surface area (Å²) in [5, 5.41) is 29.5. The number of fused-ring (bicyclic) bond motifs is 6. The summed E-state index contributed by atoms with van der Waals surface area (Å²) < 4.78 is 62.4. The number of allylic oxidation sites excluding steroid dienone is 2. The third-order valence-electron chi connectivity index (χ3n) is 20.2. The monoisotopic (exact) mass is 1470 g/mol. The van der Waals surface area contributed by atoms with Crippen LogP contribution in [0.15, 0.2) is 121 Å². The number of nitrogens with one attached hydrogen (secondary N) is 5. The zero-order valence-corrected chi connectivity index (χ0v) is 59.7. The van der Waals surface area contributed by atoms with Crippen LogP contribution in [0.5, 0.6) is 10.4 Å². The smallest absolute Gasteiger partial charge is 0.330 e. The van der Waals surface area contributed by atoms with Crippen LogP contribution in [0.25, 0.3) is 20.4 Å². The topological polar surface area (TPSA) is 328 Å². The molecule has 528 valence electrons. The molecule has 6 aromatic rings. The number of halogens is 2. The van der Waals surface area contributed by atoms with Gasteiger partial charge in [-0.3, -0.25) is 28.7 Å². The summed E-state index contributed by atoms with van der Waals surface area (Å²) in [6, 6.07) is 26.7. The molecular weight excluding hydrogens is 1390 g/mol. The predicted octanol–water partition coefficient (Wildman–Crippen LogP) is 10.3. The molecule has 0 unspecified atom stereocenters. The van der Waals surface area contributed by atoms with E-state index in [1.807, 2.05) is 97.1 Å². The lowest BCUT2D eigenvalue weighted by Gasteiger charge is -2.30. The van der Waals surface area contributed by atoms with E-state index in [-0.39, 0.29) is 56.0 Å². The van der Waals surface area contributed by atoms with Crippen molar-refractivity contribution in [1.29, 1.82) is 0 Å². The quantitative estimate of drug-likeness (QED) is 0.0529. The summed E-state index contributed by atoms with van der Waals surface area (Å²) in [6.45, 7) is 3.61. The van der Waals surface area contributed by atoms with Crippen LogP contribution in [-0.4, -0.2) is 147 Å². The lowest BCUT2D eigenvalue weighted by atomic mass is 10.0. The number of hydrogen-bond donors (Lipinski definition) is 7. The maximum Gasteiger partial charge on any atom is 0.330 e. The van der Waals surface area contributed by atoms with Gasteiger partial charge >= 0.3 is 5.97 Å². The van der Waals surface area contributed by atoms with E-state index in [0.29, 0.717) is 52.5 Å². The highest BCUT2D eigenvalue weighted by atomic mass is 35.5. The van der Waals surface area contributed by atoms with Crippen LogP contribution >= 0.6 is 45.9 Å². The Morgan fingerprint density at radius 1 is 0.606 bits per heavy atom. The van der Waals surface area contributed by atoms with Gasteiger partial charge in [-0.2, -0.15) is 0 Å². The van der Waals surface area contributed by atoms with E-state index < -0.39 is 101 Å². The zero-order valence-electron chi connectivity index (χ0n) is 54.9. The number of benzene rings is 4. The Hall–Kier alpha value is -7.40. The van der Waals surface area contributed by atoms with Gasteiger partial charge in [-0.25, -0.2) is 36.7 Å². The van der Waals surface area contributed by atoms with E-state index in [1.54, 1.807) is 47.9 Å². The van der Waals surface area contributed by atoms with Gasteiger partial charge in [-0.05, 0) is 164 Å². The molecular formula is C70H82Cl2N10O13S4. The standard InChI is InChI=1S/C35H40ClN5O6S2.C31H33ClN4O5S.C4H9NO2S/c1-34(17-18-34)49(45,46)40-32(44)35-20-22(35)9-5-3-2-4-6-11-27(37-24-15-13-23(36)14-16-24)31(43)41-21-25(19-28(41)30(42)39-35)47-33-38-26-10-7-8-12-29(26)48-33;32-20-12-14-21(15-13-20)33-24-10-5-3-1-2-4-8-19-17-31(19,29(39)40)35-27(37)25-16-22(18-36(25)28(24)38)41-30-34-23-9-6-7-11-26(23)42-30;1-4(2-3-4)8(5,6)7/h5,7-10,12-16,22,25,27-28,37H,2-4,6,11,17-21H2,1H3,(H,39,42)(H,40,44);4,6-9,11-15,19,22,24-25,33H,1-3,5,10,16-18H2,(H,35,37)(H,39,40);2-3H2,1H3,(H2,5,6,7)/b9-5-;8-4-;/t22-,25-,27+,28+,35-;19-,22-,24+,25+,31-;/m11./s1. The average Bonchev–Trinajstić information content (AvgIpc) is 1.59. The minimum Gasteiger partial charge on any atom is -0.479 e. The van der Waals surface area contributed by atoms with Gasteiger partial charge in [-0.1, -0.05) is 120 Å². The van der Waals surface area contributed by atoms with Crippen LogP contribution < -0.4 is 40.6 Å². The van der Waals surface area contributed by atoms with E-state index >= 15 is 0 Å². The SMILES string of the molecule is CC1(S(=O)(=O)NC(=O)[C@@]23C[C@H]2/C=C\CCCCC[C@H](Nc2ccc(Cl)cc2)C(=O)N2C[C@H](Oc4nc5ccccc5s4)C[C@H]2C(=O)N3)CC1.CC1(S(N)(=O)=O)CC1.O=C1N[C@]2(C(=O)O)C[C@H]2/C=C\CCCCC[C@H](Nc2ccc(Cl)cc2)C(=O)N2C[C@H](Oc3nc4ccccc4s3)C[C@@H]12. The molecule has 4 aliphatic carbocycles. The Labute approximate surface area is 593 Å². The lowest BCUT2D eigenvalue weighted by molar-refractivity contribution is -0.145. The van der Waals surface area contributed by atoms with Crippen LogP contribution in [0.2, 0.25) is 10.0 Å². The lowest BCUT2D eigenvalue weighted by Crippen LogP contribution is -2.58. The summed E-state index contributed by atoms with van der Waals surface area (Å²) >= 11 is 15.0. The molecule has 6 fully saturated rings. The van der Waals surface area contributed by atoms with Crippen molar-refractivity contribution in [2.24, 2.45) is 17.0 Å². The number of anilines is 2. The van der Waals surface area contributed by atoms with E-state index in [1.165, 1.54) is 22.7 Å². The van der Waals surface area contributed by atoms with Crippen LogP contribution in [0.3, 0.4) is 0 Å². The van der Waals surface area contributed by atoms with Gasteiger partial charge in [0.05, 0.1) is 43.0 Å². The van der Waals surface area contributed by atoms with E-state index in [9.17, 15) is 50.7 Å². The largest absolute Gasteiger partial charge is 0.479 e. The van der Waals surface area contributed by atoms with Crippen molar-refractivity contribution in [2.75, 3.05) is 23.7 Å².